The fourth-order valence-electron chi connectivity index (χ4n) is 1.37. The van der Waals surface area contributed by atoms with E-state index in [0.29, 0.717) is 12.5 Å². The summed E-state index contributed by atoms with van der Waals surface area (Å²) < 4.78 is 5.61. The molecule has 4 heteroatoms. The van der Waals surface area contributed by atoms with Gasteiger partial charge in [0.25, 0.3) is 0 Å². The van der Waals surface area contributed by atoms with Crippen molar-refractivity contribution < 1.29 is 9.94 Å². The second-order valence-corrected chi connectivity index (χ2v) is 4.46. The number of hydrogen-bond donors (Lipinski definition) is 2. The number of oxime groups is 1. The van der Waals surface area contributed by atoms with Crippen molar-refractivity contribution in [3.05, 3.63) is 29.8 Å². The predicted octanol–water partition coefficient (Wildman–Crippen LogP) is 2.57. The molecular weight excluding hydrogens is 216 g/mol. The van der Waals surface area contributed by atoms with Crippen LogP contribution >= 0.6 is 0 Å². The van der Waals surface area contributed by atoms with Crippen molar-refractivity contribution in [3.63, 3.8) is 0 Å². The number of rotatable bonds is 5. The third-order valence-electron chi connectivity index (χ3n) is 2.65. The van der Waals surface area contributed by atoms with Gasteiger partial charge < -0.3 is 15.7 Å². The average Bonchev–Trinajstić information content (AvgIpc) is 2.35. The summed E-state index contributed by atoms with van der Waals surface area (Å²) in [5.74, 6) is 1.36. The van der Waals surface area contributed by atoms with Gasteiger partial charge in [0.2, 0.25) is 0 Å². The molecule has 0 aromatic heterocycles. The van der Waals surface area contributed by atoms with Crippen molar-refractivity contribution in [2.24, 2.45) is 16.8 Å². The lowest BCUT2D eigenvalue weighted by Crippen LogP contribution is -2.26. The first-order valence-corrected chi connectivity index (χ1v) is 5.74. The third-order valence-corrected chi connectivity index (χ3v) is 2.65. The van der Waals surface area contributed by atoms with E-state index < -0.39 is 0 Å². The molecule has 4 nitrogen and oxygen atoms in total. The van der Waals surface area contributed by atoms with Crippen LogP contribution < -0.4 is 10.5 Å². The van der Waals surface area contributed by atoms with E-state index >= 15 is 0 Å². The smallest absolute Gasteiger partial charge is 0.145 e. The molecule has 0 aliphatic carbocycles. The highest BCUT2D eigenvalue weighted by Crippen LogP contribution is 2.20. The molecule has 1 atom stereocenters. The highest BCUT2D eigenvalue weighted by molar-refractivity contribution is 5.81. The van der Waals surface area contributed by atoms with Crippen molar-refractivity contribution in [1.29, 1.82) is 0 Å². The topological polar surface area (TPSA) is 67.8 Å². The van der Waals surface area contributed by atoms with Gasteiger partial charge in [0.15, 0.2) is 0 Å². The van der Waals surface area contributed by atoms with Gasteiger partial charge in [-0.3, -0.25) is 0 Å². The molecule has 1 aromatic rings. The van der Waals surface area contributed by atoms with E-state index in [0.717, 1.165) is 5.75 Å². The lowest BCUT2D eigenvalue weighted by molar-refractivity contribution is 0.279. The molecule has 1 aromatic carbocycles. The molecule has 0 saturated carbocycles. The Balaban J connectivity index is 2.60. The highest BCUT2D eigenvalue weighted by Gasteiger charge is 2.09. The van der Waals surface area contributed by atoms with Gasteiger partial charge in [-0.2, -0.15) is 0 Å². The Labute approximate surface area is 102 Å². The first-order chi connectivity index (χ1) is 8.04. The van der Waals surface area contributed by atoms with E-state index in [1.807, 2.05) is 25.1 Å². The Kier molecular flexibility index (Phi) is 4.82. The Bertz CT molecular complexity index is 389. The Morgan fingerprint density at radius 2 is 2.12 bits per heavy atom. The van der Waals surface area contributed by atoms with E-state index in [1.165, 1.54) is 5.56 Å². The minimum atomic E-state index is -0.109. The van der Waals surface area contributed by atoms with Gasteiger partial charge in [-0.1, -0.05) is 38.1 Å². The SMILES string of the molecule is CC(COc1cccc(C(C)C)c1)/C(N)=N/O. The van der Waals surface area contributed by atoms with E-state index in [2.05, 4.69) is 25.1 Å². The lowest BCUT2D eigenvalue weighted by Gasteiger charge is -2.13. The summed E-state index contributed by atoms with van der Waals surface area (Å²) >= 11 is 0. The van der Waals surface area contributed by atoms with Crippen LogP contribution in [0.25, 0.3) is 0 Å². The van der Waals surface area contributed by atoms with Gasteiger partial charge in [-0.15, -0.1) is 0 Å². The zero-order chi connectivity index (χ0) is 12.8. The van der Waals surface area contributed by atoms with Crippen LogP contribution in [0.2, 0.25) is 0 Å². The summed E-state index contributed by atoms with van der Waals surface area (Å²) in [6.07, 6.45) is 0. The molecule has 0 fully saturated rings. The molecule has 0 aliphatic rings. The van der Waals surface area contributed by atoms with E-state index in [4.69, 9.17) is 15.7 Å². The summed E-state index contributed by atoms with van der Waals surface area (Å²) in [5, 5.41) is 11.5. The standard InChI is InChI=1S/C13H20N2O2/c1-9(2)11-5-4-6-12(7-11)17-8-10(3)13(14)15-16/h4-7,9-10,16H,8H2,1-3H3,(H2,14,15). The predicted molar refractivity (Wildman–Crippen MR) is 68.6 cm³/mol. The Hall–Kier alpha value is -1.71. The maximum Gasteiger partial charge on any atom is 0.145 e. The molecule has 1 unspecified atom stereocenters. The fourth-order valence-corrected chi connectivity index (χ4v) is 1.37. The highest BCUT2D eigenvalue weighted by atomic mass is 16.5. The van der Waals surface area contributed by atoms with Crippen LogP contribution in [0.5, 0.6) is 5.75 Å². The number of nitrogens with two attached hydrogens (primary N) is 1. The monoisotopic (exact) mass is 236 g/mol. The maximum absolute atomic E-state index is 8.53. The molecule has 0 bridgehead atoms. The third kappa shape index (κ3) is 3.98. The number of amidine groups is 1. The minimum Gasteiger partial charge on any atom is -0.493 e. The van der Waals surface area contributed by atoms with Crippen molar-refractivity contribution in [3.8, 4) is 5.75 Å². The summed E-state index contributed by atoms with van der Waals surface area (Å²) in [7, 11) is 0. The fraction of sp³-hybridized carbons (Fsp3) is 0.462. The second-order valence-electron chi connectivity index (χ2n) is 4.46. The van der Waals surface area contributed by atoms with Crippen LogP contribution in [-0.4, -0.2) is 17.6 Å². The summed E-state index contributed by atoms with van der Waals surface area (Å²) in [5.41, 5.74) is 6.71. The molecule has 0 aliphatic heterocycles. The number of ether oxygens (including phenoxy) is 1. The zero-order valence-electron chi connectivity index (χ0n) is 10.6. The Morgan fingerprint density at radius 3 is 2.71 bits per heavy atom. The largest absolute Gasteiger partial charge is 0.493 e. The first kappa shape index (κ1) is 13.4. The molecule has 17 heavy (non-hydrogen) atoms. The Morgan fingerprint density at radius 1 is 1.41 bits per heavy atom. The van der Waals surface area contributed by atoms with Crippen LogP contribution in [0, 0.1) is 5.92 Å². The van der Waals surface area contributed by atoms with Gasteiger partial charge >= 0.3 is 0 Å². The minimum absolute atomic E-state index is 0.109. The van der Waals surface area contributed by atoms with Gasteiger partial charge in [0.1, 0.15) is 11.6 Å². The van der Waals surface area contributed by atoms with Gasteiger partial charge in [0, 0.05) is 0 Å². The molecule has 0 amide bonds. The lowest BCUT2D eigenvalue weighted by atomic mass is 10.0. The van der Waals surface area contributed by atoms with Gasteiger partial charge in [-0.05, 0) is 23.6 Å². The molecule has 0 heterocycles. The van der Waals surface area contributed by atoms with Crippen molar-refractivity contribution in [2.45, 2.75) is 26.7 Å². The molecule has 0 saturated heterocycles. The summed E-state index contributed by atoms with van der Waals surface area (Å²) in [4.78, 5) is 0. The van der Waals surface area contributed by atoms with E-state index in [1.54, 1.807) is 0 Å². The summed E-state index contributed by atoms with van der Waals surface area (Å²) in [6.45, 7) is 6.52. The normalized spacial score (nSPS) is 13.8. The van der Waals surface area contributed by atoms with E-state index in [9.17, 15) is 0 Å². The van der Waals surface area contributed by atoms with Gasteiger partial charge in [0.05, 0.1) is 12.5 Å². The molecular formula is C13H20N2O2. The van der Waals surface area contributed by atoms with Crippen molar-refractivity contribution >= 4 is 5.84 Å². The maximum atomic E-state index is 8.53. The van der Waals surface area contributed by atoms with Crippen LogP contribution in [-0.2, 0) is 0 Å². The van der Waals surface area contributed by atoms with Crippen molar-refractivity contribution in [1.82, 2.24) is 0 Å². The quantitative estimate of drug-likeness (QED) is 0.357. The van der Waals surface area contributed by atoms with Crippen LogP contribution in [0.15, 0.2) is 29.4 Å². The first-order valence-electron chi connectivity index (χ1n) is 5.74. The molecule has 0 radical (unpaired) electrons. The van der Waals surface area contributed by atoms with Crippen molar-refractivity contribution in [2.75, 3.05) is 6.61 Å². The number of hydrogen-bond acceptors (Lipinski definition) is 3. The molecule has 0 spiro atoms. The number of benzene rings is 1. The van der Waals surface area contributed by atoms with Gasteiger partial charge in [-0.25, -0.2) is 0 Å². The summed E-state index contributed by atoms with van der Waals surface area (Å²) in [6, 6.07) is 7.97. The average molecular weight is 236 g/mol. The molecule has 94 valence electrons. The molecule has 3 N–H and O–H groups in total. The van der Waals surface area contributed by atoms with Crippen LogP contribution in [0.3, 0.4) is 0 Å². The molecule has 1 rings (SSSR count). The van der Waals surface area contributed by atoms with Crippen LogP contribution in [0.4, 0.5) is 0 Å². The van der Waals surface area contributed by atoms with Crippen LogP contribution in [0.1, 0.15) is 32.3 Å². The second kappa shape index (κ2) is 6.13. The van der Waals surface area contributed by atoms with E-state index in [-0.39, 0.29) is 11.8 Å². The number of nitrogens with zero attached hydrogens (tertiary/aromatic N) is 1. The zero-order valence-corrected chi connectivity index (χ0v) is 10.6.